The van der Waals surface area contributed by atoms with Crippen molar-refractivity contribution in [3.63, 3.8) is 0 Å². The number of likely N-dealkylation sites (N-methyl/N-ethyl adjacent to an activating group) is 1. The summed E-state index contributed by atoms with van der Waals surface area (Å²) in [4.78, 5) is 26.9. The number of sulfonamides is 1. The fourth-order valence-electron chi connectivity index (χ4n) is 3.12. The van der Waals surface area contributed by atoms with Crippen LogP contribution in [0.4, 0.5) is 5.69 Å². The first-order chi connectivity index (χ1) is 14.0. The lowest BCUT2D eigenvalue weighted by molar-refractivity contribution is -0.139. The Morgan fingerprint density at radius 3 is 2.20 bits per heavy atom. The third-order valence-electron chi connectivity index (χ3n) is 4.85. The predicted molar refractivity (Wildman–Crippen MR) is 119 cm³/mol. The number of carbonyl (C=O) groups is 2. The summed E-state index contributed by atoms with van der Waals surface area (Å²) in [5.41, 5.74) is 3.28. The van der Waals surface area contributed by atoms with Gasteiger partial charge in [0, 0.05) is 13.6 Å². The highest BCUT2D eigenvalue weighted by Crippen LogP contribution is 2.19. The Balaban J connectivity index is 2.36. The van der Waals surface area contributed by atoms with Gasteiger partial charge in [0.05, 0.1) is 11.9 Å². The van der Waals surface area contributed by atoms with Gasteiger partial charge >= 0.3 is 0 Å². The summed E-state index contributed by atoms with van der Waals surface area (Å²) in [5, 5.41) is 2.55. The van der Waals surface area contributed by atoms with Crippen LogP contribution in [-0.4, -0.2) is 51.0 Å². The van der Waals surface area contributed by atoms with E-state index in [0.29, 0.717) is 5.69 Å². The van der Waals surface area contributed by atoms with Crippen molar-refractivity contribution in [2.45, 2.75) is 33.4 Å². The van der Waals surface area contributed by atoms with Gasteiger partial charge in [-0.25, -0.2) is 8.42 Å². The third-order valence-corrected chi connectivity index (χ3v) is 5.99. The molecule has 0 bridgehead atoms. The zero-order chi connectivity index (χ0) is 22.5. The molecule has 7 nitrogen and oxygen atoms in total. The Hall–Kier alpha value is -2.87. The zero-order valence-electron chi connectivity index (χ0n) is 18.0. The van der Waals surface area contributed by atoms with Crippen LogP contribution >= 0.6 is 0 Å². The van der Waals surface area contributed by atoms with Crippen LogP contribution < -0.4 is 9.62 Å². The number of rotatable bonds is 8. The standard InChI is InChI=1S/C22H29N3O4S/c1-16-9-11-20(12-10-16)25(30(5,28)29)15-21(26)24(18(3)22(27)23-4)14-19-8-6-7-17(2)13-19/h6-13,18H,14-15H2,1-5H3,(H,23,27)/t18-/m0/s1. The number of nitrogens with zero attached hydrogens (tertiary/aromatic N) is 2. The van der Waals surface area contributed by atoms with Crippen LogP contribution in [0.3, 0.4) is 0 Å². The van der Waals surface area contributed by atoms with Crippen LogP contribution in [0.1, 0.15) is 23.6 Å². The van der Waals surface area contributed by atoms with Crippen LogP contribution in [0.5, 0.6) is 0 Å². The summed E-state index contributed by atoms with van der Waals surface area (Å²) in [7, 11) is -2.20. The van der Waals surface area contributed by atoms with E-state index in [1.54, 1.807) is 31.2 Å². The highest BCUT2D eigenvalue weighted by Gasteiger charge is 2.29. The smallest absolute Gasteiger partial charge is 0.244 e. The molecule has 8 heteroatoms. The average molecular weight is 432 g/mol. The minimum absolute atomic E-state index is 0.195. The maximum Gasteiger partial charge on any atom is 0.244 e. The molecule has 0 radical (unpaired) electrons. The zero-order valence-corrected chi connectivity index (χ0v) is 18.9. The van der Waals surface area contributed by atoms with Crippen LogP contribution in [0.15, 0.2) is 48.5 Å². The topological polar surface area (TPSA) is 86.8 Å². The minimum Gasteiger partial charge on any atom is -0.357 e. The van der Waals surface area contributed by atoms with Gasteiger partial charge in [0.1, 0.15) is 12.6 Å². The largest absolute Gasteiger partial charge is 0.357 e. The summed E-state index contributed by atoms with van der Waals surface area (Å²) in [6, 6.07) is 13.8. The maximum absolute atomic E-state index is 13.2. The highest BCUT2D eigenvalue weighted by atomic mass is 32.2. The van der Waals surface area contributed by atoms with Crippen molar-refractivity contribution in [3.8, 4) is 0 Å². The second-order valence-electron chi connectivity index (χ2n) is 7.41. The summed E-state index contributed by atoms with van der Waals surface area (Å²) >= 11 is 0. The van der Waals surface area contributed by atoms with Gasteiger partial charge < -0.3 is 10.2 Å². The van der Waals surface area contributed by atoms with Gasteiger partial charge in [0.15, 0.2) is 0 Å². The number of benzene rings is 2. The molecule has 0 heterocycles. The molecule has 30 heavy (non-hydrogen) atoms. The molecule has 0 aliphatic carbocycles. The number of anilines is 1. The van der Waals surface area contributed by atoms with E-state index in [4.69, 9.17) is 0 Å². The van der Waals surface area contributed by atoms with Gasteiger partial charge in [0.2, 0.25) is 21.8 Å². The first kappa shape index (κ1) is 23.4. The molecular weight excluding hydrogens is 402 g/mol. The fourth-order valence-corrected chi connectivity index (χ4v) is 3.97. The molecule has 0 saturated carbocycles. The summed E-state index contributed by atoms with van der Waals surface area (Å²) in [6.07, 6.45) is 1.06. The van der Waals surface area contributed by atoms with E-state index in [-0.39, 0.29) is 12.5 Å². The number of hydrogen-bond acceptors (Lipinski definition) is 4. The summed E-state index contributed by atoms with van der Waals surface area (Å²) < 4.78 is 25.9. The van der Waals surface area contributed by atoms with E-state index >= 15 is 0 Å². The van der Waals surface area contributed by atoms with E-state index in [1.165, 1.54) is 11.9 Å². The normalized spacial score (nSPS) is 12.2. The summed E-state index contributed by atoms with van der Waals surface area (Å²) in [5.74, 6) is -0.782. The molecule has 2 aromatic rings. The minimum atomic E-state index is -3.71. The van der Waals surface area contributed by atoms with E-state index in [0.717, 1.165) is 27.3 Å². The first-order valence-electron chi connectivity index (χ1n) is 9.64. The van der Waals surface area contributed by atoms with Gasteiger partial charge in [-0.05, 0) is 38.5 Å². The number of aryl methyl sites for hydroxylation is 2. The van der Waals surface area contributed by atoms with Crippen LogP contribution in [0, 0.1) is 13.8 Å². The molecule has 0 saturated heterocycles. The lowest BCUT2D eigenvalue weighted by atomic mass is 10.1. The molecule has 162 valence electrons. The maximum atomic E-state index is 13.2. The Morgan fingerprint density at radius 1 is 1.03 bits per heavy atom. The molecule has 0 aromatic heterocycles. The molecule has 0 unspecified atom stereocenters. The van der Waals surface area contributed by atoms with Crippen molar-refractivity contribution >= 4 is 27.5 Å². The van der Waals surface area contributed by atoms with Crippen LogP contribution in [0.25, 0.3) is 0 Å². The molecule has 2 aromatic carbocycles. The molecule has 1 N–H and O–H groups in total. The van der Waals surface area contributed by atoms with E-state index < -0.39 is 28.5 Å². The van der Waals surface area contributed by atoms with Gasteiger partial charge in [0.25, 0.3) is 0 Å². The van der Waals surface area contributed by atoms with Gasteiger partial charge in [-0.15, -0.1) is 0 Å². The van der Waals surface area contributed by atoms with Crippen molar-refractivity contribution in [1.82, 2.24) is 10.2 Å². The average Bonchev–Trinajstić information content (AvgIpc) is 2.69. The molecular formula is C22H29N3O4S. The molecule has 0 spiro atoms. The molecule has 1 atom stereocenters. The van der Waals surface area contributed by atoms with Crippen molar-refractivity contribution in [2.75, 3.05) is 24.2 Å². The fraction of sp³-hybridized carbons (Fsp3) is 0.364. The van der Waals surface area contributed by atoms with Crippen molar-refractivity contribution in [1.29, 1.82) is 0 Å². The Kier molecular flexibility index (Phi) is 7.61. The van der Waals surface area contributed by atoms with Gasteiger partial charge in [-0.1, -0.05) is 47.5 Å². The number of nitrogens with one attached hydrogen (secondary N) is 1. The summed E-state index contributed by atoms with van der Waals surface area (Å²) in [6.45, 7) is 5.27. The Labute approximate surface area is 178 Å². The first-order valence-corrected chi connectivity index (χ1v) is 11.5. The molecule has 2 amide bonds. The quantitative estimate of drug-likeness (QED) is 0.694. The van der Waals surface area contributed by atoms with E-state index in [2.05, 4.69) is 5.32 Å². The molecule has 0 fully saturated rings. The second kappa shape index (κ2) is 9.75. The van der Waals surface area contributed by atoms with Gasteiger partial charge in [-0.3, -0.25) is 13.9 Å². The number of hydrogen-bond donors (Lipinski definition) is 1. The molecule has 2 rings (SSSR count). The second-order valence-corrected chi connectivity index (χ2v) is 9.31. The van der Waals surface area contributed by atoms with E-state index in [1.807, 2.05) is 38.1 Å². The SMILES string of the molecule is CNC(=O)[C@H](C)N(Cc1cccc(C)c1)C(=O)CN(c1ccc(C)cc1)S(C)(=O)=O. The lowest BCUT2D eigenvalue weighted by Crippen LogP contribution is -2.50. The van der Waals surface area contributed by atoms with E-state index in [9.17, 15) is 18.0 Å². The monoisotopic (exact) mass is 431 g/mol. The number of carbonyl (C=O) groups excluding carboxylic acids is 2. The Morgan fingerprint density at radius 2 is 1.67 bits per heavy atom. The predicted octanol–water partition coefficient (Wildman–Crippen LogP) is 2.23. The van der Waals surface area contributed by atoms with Crippen molar-refractivity contribution in [2.24, 2.45) is 0 Å². The molecule has 0 aliphatic rings. The number of amides is 2. The lowest BCUT2D eigenvalue weighted by Gasteiger charge is -2.31. The van der Waals surface area contributed by atoms with Crippen molar-refractivity contribution in [3.05, 3.63) is 65.2 Å². The highest BCUT2D eigenvalue weighted by molar-refractivity contribution is 7.92. The van der Waals surface area contributed by atoms with Crippen molar-refractivity contribution < 1.29 is 18.0 Å². The van der Waals surface area contributed by atoms with Gasteiger partial charge in [-0.2, -0.15) is 0 Å². The molecule has 0 aliphatic heterocycles. The third kappa shape index (κ3) is 6.06. The van der Waals surface area contributed by atoms with Crippen LogP contribution in [-0.2, 0) is 26.2 Å². The Bertz CT molecular complexity index is 1000. The van der Waals surface area contributed by atoms with Crippen LogP contribution in [0.2, 0.25) is 0 Å².